The largest absolute Gasteiger partial charge is 0.497 e. The van der Waals surface area contributed by atoms with E-state index in [1.165, 1.54) is 18.2 Å². The van der Waals surface area contributed by atoms with Crippen molar-refractivity contribution in [2.24, 2.45) is 0 Å². The fourth-order valence-corrected chi connectivity index (χ4v) is 3.89. The molecule has 0 unspecified atom stereocenters. The van der Waals surface area contributed by atoms with Crippen LogP contribution in [0.15, 0.2) is 60.8 Å². The Kier molecular flexibility index (Phi) is 4.94. The monoisotopic (exact) mass is 368 g/mol. The lowest BCUT2D eigenvalue weighted by atomic mass is 10.0. The van der Waals surface area contributed by atoms with Crippen molar-refractivity contribution in [3.05, 3.63) is 89.2 Å². The minimum atomic E-state index is -0.501. The molecule has 1 aromatic heterocycles. The van der Waals surface area contributed by atoms with Gasteiger partial charge in [-0.2, -0.15) is 0 Å². The number of aromatic nitrogens is 1. The number of hydrogen-bond acceptors (Lipinski definition) is 2. The van der Waals surface area contributed by atoms with Crippen LogP contribution >= 0.6 is 0 Å². The number of benzene rings is 2. The maximum absolute atomic E-state index is 14.3. The highest BCUT2D eigenvalue weighted by Crippen LogP contribution is 2.35. The molecule has 0 spiro atoms. The maximum atomic E-state index is 14.3. The molecule has 0 N–H and O–H groups in total. The minimum absolute atomic E-state index is 0.100. The second kappa shape index (κ2) is 7.53. The van der Waals surface area contributed by atoms with Gasteiger partial charge in [-0.15, -0.1) is 0 Å². The number of nitrogens with zero attached hydrogens (tertiary/aromatic N) is 2. The third-order valence-corrected chi connectivity index (χ3v) is 5.19. The highest BCUT2D eigenvalue weighted by molar-refractivity contribution is 5.36. The highest BCUT2D eigenvalue weighted by Gasteiger charge is 2.29. The van der Waals surface area contributed by atoms with E-state index in [-0.39, 0.29) is 18.2 Å². The van der Waals surface area contributed by atoms with Crippen LogP contribution in [0.5, 0.6) is 5.75 Å². The summed E-state index contributed by atoms with van der Waals surface area (Å²) in [6.45, 7) is 1.85. The average molecular weight is 368 g/mol. The molecule has 0 fully saturated rings. The second-order valence-electron chi connectivity index (χ2n) is 6.83. The number of halogens is 2. The van der Waals surface area contributed by atoms with Crippen LogP contribution in [0.25, 0.3) is 0 Å². The topological polar surface area (TPSA) is 17.4 Å². The molecule has 2 aromatic carbocycles. The first-order chi connectivity index (χ1) is 13.2. The van der Waals surface area contributed by atoms with Gasteiger partial charge >= 0.3 is 0 Å². The predicted octanol–water partition coefficient (Wildman–Crippen LogP) is 4.77. The molecular weight excluding hydrogens is 346 g/mol. The molecule has 27 heavy (non-hydrogen) atoms. The minimum Gasteiger partial charge on any atom is -0.497 e. The van der Waals surface area contributed by atoms with Crippen molar-refractivity contribution in [2.45, 2.75) is 25.6 Å². The van der Waals surface area contributed by atoms with Gasteiger partial charge in [0, 0.05) is 37.1 Å². The smallest absolute Gasteiger partial charge is 0.130 e. The average Bonchev–Trinajstić information content (AvgIpc) is 3.06. The summed E-state index contributed by atoms with van der Waals surface area (Å²) >= 11 is 0. The Morgan fingerprint density at radius 1 is 1.00 bits per heavy atom. The zero-order chi connectivity index (χ0) is 18.8. The molecular formula is C22H22F2N2O. The summed E-state index contributed by atoms with van der Waals surface area (Å²) in [5.74, 6) is -0.232. The summed E-state index contributed by atoms with van der Waals surface area (Å²) in [5, 5.41) is 0. The van der Waals surface area contributed by atoms with E-state index in [0.717, 1.165) is 36.5 Å². The van der Waals surface area contributed by atoms with E-state index >= 15 is 0 Å². The van der Waals surface area contributed by atoms with Gasteiger partial charge in [0.05, 0.1) is 13.2 Å². The molecule has 0 amide bonds. The first-order valence-corrected chi connectivity index (χ1v) is 9.13. The Bertz CT molecular complexity index is 917. The highest BCUT2D eigenvalue weighted by atomic mass is 19.1. The molecule has 1 aliphatic heterocycles. The normalized spacial score (nSPS) is 17.4. The van der Waals surface area contributed by atoms with E-state index in [4.69, 9.17) is 4.74 Å². The lowest BCUT2D eigenvalue weighted by Crippen LogP contribution is -2.30. The Hall–Kier alpha value is -2.66. The molecule has 0 saturated carbocycles. The van der Waals surface area contributed by atoms with Crippen LogP contribution in [-0.4, -0.2) is 23.1 Å². The fourth-order valence-electron chi connectivity index (χ4n) is 3.89. The van der Waals surface area contributed by atoms with Gasteiger partial charge in [-0.3, -0.25) is 4.90 Å². The third kappa shape index (κ3) is 3.47. The van der Waals surface area contributed by atoms with Crippen LogP contribution in [0.4, 0.5) is 8.78 Å². The fraction of sp³-hybridized carbons (Fsp3) is 0.273. The van der Waals surface area contributed by atoms with Crippen molar-refractivity contribution in [1.82, 2.24) is 9.47 Å². The van der Waals surface area contributed by atoms with Crippen LogP contribution in [0, 0.1) is 11.6 Å². The maximum Gasteiger partial charge on any atom is 0.130 e. The first kappa shape index (κ1) is 17.7. The number of ether oxygens (including phenoxy) is 1. The summed E-state index contributed by atoms with van der Waals surface area (Å²) in [6.07, 6.45) is 2.98. The van der Waals surface area contributed by atoms with Gasteiger partial charge in [0.25, 0.3) is 0 Å². The van der Waals surface area contributed by atoms with Crippen LogP contribution in [0.2, 0.25) is 0 Å². The molecule has 2 heterocycles. The Morgan fingerprint density at radius 3 is 2.56 bits per heavy atom. The number of hydrogen-bond donors (Lipinski definition) is 0. The molecule has 3 nitrogen and oxygen atoms in total. The van der Waals surface area contributed by atoms with E-state index in [1.54, 1.807) is 7.11 Å². The van der Waals surface area contributed by atoms with Gasteiger partial charge in [-0.05, 0) is 48.4 Å². The SMILES string of the molecule is COc1cccc([C@H]2c3cccn3CCCN2Cc2c(F)cccc2F)c1. The van der Waals surface area contributed by atoms with E-state index in [0.29, 0.717) is 0 Å². The molecule has 4 rings (SSSR count). The lowest BCUT2D eigenvalue weighted by molar-refractivity contribution is 0.214. The van der Waals surface area contributed by atoms with E-state index in [2.05, 4.69) is 21.7 Å². The van der Waals surface area contributed by atoms with Gasteiger partial charge in [-0.25, -0.2) is 8.78 Å². The molecule has 5 heteroatoms. The molecule has 140 valence electrons. The van der Waals surface area contributed by atoms with Crippen molar-refractivity contribution in [3.63, 3.8) is 0 Å². The first-order valence-electron chi connectivity index (χ1n) is 9.13. The molecule has 1 aliphatic rings. The quantitative estimate of drug-likeness (QED) is 0.660. The zero-order valence-electron chi connectivity index (χ0n) is 15.2. The standard InChI is InChI=1S/C22H22F2N2O/c1-27-17-7-2-6-16(14-17)22-21-10-4-11-25(21)12-5-13-26(22)15-18-19(23)8-3-9-20(18)24/h2-4,6-11,14,22H,5,12-13,15H2,1H3/t22-/m0/s1. The summed E-state index contributed by atoms with van der Waals surface area (Å²) < 4.78 is 36.2. The van der Waals surface area contributed by atoms with E-state index < -0.39 is 11.6 Å². The lowest BCUT2D eigenvalue weighted by Gasteiger charge is -2.31. The molecule has 1 atom stereocenters. The molecule has 0 aliphatic carbocycles. The van der Waals surface area contributed by atoms with Crippen LogP contribution in [0.3, 0.4) is 0 Å². The number of fused-ring (bicyclic) bond motifs is 1. The number of rotatable bonds is 4. The van der Waals surface area contributed by atoms with Crippen LogP contribution in [-0.2, 0) is 13.1 Å². The van der Waals surface area contributed by atoms with Crippen molar-refractivity contribution in [1.29, 1.82) is 0 Å². The van der Waals surface area contributed by atoms with Gasteiger partial charge in [0.1, 0.15) is 17.4 Å². The molecule has 0 saturated heterocycles. The Balaban J connectivity index is 1.78. The van der Waals surface area contributed by atoms with E-state index in [9.17, 15) is 8.78 Å². The van der Waals surface area contributed by atoms with Crippen LogP contribution in [0.1, 0.15) is 29.3 Å². The molecule has 0 bridgehead atoms. The van der Waals surface area contributed by atoms with Gasteiger partial charge in [0.15, 0.2) is 0 Å². The van der Waals surface area contributed by atoms with Crippen LogP contribution < -0.4 is 4.74 Å². The van der Waals surface area contributed by atoms with E-state index in [1.807, 2.05) is 30.3 Å². The summed E-state index contributed by atoms with van der Waals surface area (Å²) in [5.41, 5.74) is 2.29. The summed E-state index contributed by atoms with van der Waals surface area (Å²) in [7, 11) is 1.64. The van der Waals surface area contributed by atoms with Crippen molar-refractivity contribution in [2.75, 3.05) is 13.7 Å². The predicted molar refractivity (Wildman–Crippen MR) is 101 cm³/mol. The van der Waals surface area contributed by atoms with Gasteiger partial charge < -0.3 is 9.30 Å². The number of methoxy groups -OCH3 is 1. The summed E-state index contributed by atoms with van der Waals surface area (Å²) in [6, 6.07) is 15.9. The van der Waals surface area contributed by atoms with Crippen molar-refractivity contribution in [3.8, 4) is 5.75 Å². The Labute approximate surface area is 157 Å². The zero-order valence-corrected chi connectivity index (χ0v) is 15.2. The molecule has 0 radical (unpaired) electrons. The van der Waals surface area contributed by atoms with Crippen molar-refractivity contribution < 1.29 is 13.5 Å². The van der Waals surface area contributed by atoms with Gasteiger partial charge in [0.2, 0.25) is 0 Å². The molecule has 3 aromatic rings. The summed E-state index contributed by atoms with van der Waals surface area (Å²) in [4.78, 5) is 2.15. The van der Waals surface area contributed by atoms with Crippen molar-refractivity contribution >= 4 is 0 Å². The Morgan fingerprint density at radius 2 is 1.78 bits per heavy atom. The van der Waals surface area contributed by atoms with Gasteiger partial charge in [-0.1, -0.05) is 18.2 Å². The number of aryl methyl sites for hydroxylation is 1. The third-order valence-electron chi connectivity index (χ3n) is 5.19. The second-order valence-corrected chi connectivity index (χ2v) is 6.83.